The highest BCUT2D eigenvalue weighted by Gasteiger charge is 2.18. The highest BCUT2D eigenvalue weighted by Crippen LogP contribution is 2.22. The van der Waals surface area contributed by atoms with Gasteiger partial charge in [0, 0.05) is 25.9 Å². The molecule has 2 amide bonds. The SMILES string of the molecule is CC(NC(=O)CCCN1CCCCC1=O)c1ccc(-c2ccccc2)cc1. The Morgan fingerprint density at radius 3 is 2.44 bits per heavy atom. The Kier molecular flexibility index (Phi) is 6.64. The van der Waals surface area contributed by atoms with E-state index in [0.29, 0.717) is 19.4 Å². The van der Waals surface area contributed by atoms with Crippen molar-refractivity contribution >= 4 is 11.8 Å². The molecule has 4 heteroatoms. The van der Waals surface area contributed by atoms with Crippen molar-refractivity contribution in [1.82, 2.24) is 10.2 Å². The molecule has 27 heavy (non-hydrogen) atoms. The number of benzene rings is 2. The summed E-state index contributed by atoms with van der Waals surface area (Å²) in [6.45, 7) is 3.53. The summed E-state index contributed by atoms with van der Waals surface area (Å²) in [6, 6.07) is 18.5. The van der Waals surface area contributed by atoms with Crippen LogP contribution in [0.25, 0.3) is 11.1 Å². The minimum atomic E-state index is -0.0288. The van der Waals surface area contributed by atoms with E-state index in [0.717, 1.165) is 31.4 Å². The fourth-order valence-electron chi connectivity index (χ4n) is 3.52. The molecule has 2 aromatic rings. The van der Waals surface area contributed by atoms with Gasteiger partial charge in [0.2, 0.25) is 11.8 Å². The molecule has 0 radical (unpaired) electrons. The van der Waals surface area contributed by atoms with Crippen LogP contribution in [0.3, 0.4) is 0 Å². The minimum Gasteiger partial charge on any atom is -0.350 e. The number of hydrogen-bond acceptors (Lipinski definition) is 2. The van der Waals surface area contributed by atoms with Gasteiger partial charge in [0.05, 0.1) is 6.04 Å². The van der Waals surface area contributed by atoms with Gasteiger partial charge >= 0.3 is 0 Å². The van der Waals surface area contributed by atoms with Gasteiger partial charge in [-0.1, -0.05) is 54.6 Å². The number of carbonyl (C=O) groups is 2. The molecule has 1 N–H and O–H groups in total. The molecule has 1 fully saturated rings. The number of hydrogen-bond donors (Lipinski definition) is 1. The minimum absolute atomic E-state index is 0.0288. The molecular formula is C23H28N2O2. The van der Waals surface area contributed by atoms with Gasteiger partial charge in [-0.3, -0.25) is 9.59 Å². The number of likely N-dealkylation sites (tertiary alicyclic amines) is 1. The molecule has 3 rings (SSSR count). The van der Waals surface area contributed by atoms with Crippen molar-refractivity contribution in [2.24, 2.45) is 0 Å². The Morgan fingerprint density at radius 2 is 1.74 bits per heavy atom. The second-order valence-electron chi connectivity index (χ2n) is 7.22. The molecule has 0 bridgehead atoms. The van der Waals surface area contributed by atoms with Crippen molar-refractivity contribution in [2.75, 3.05) is 13.1 Å². The molecule has 1 atom stereocenters. The van der Waals surface area contributed by atoms with Crippen LogP contribution in [-0.2, 0) is 9.59 Å². The van der Waals surface area contributed by atoms with Crippen LogP contribution in [0.15, 0.2) is 54.6 Å². The van der Waals surface area contributed by atoms with Crippen LogP contribution in [0.2, 0.25) is 0 Å². The van der Waals surface area contributed by atoms with E-state index >= 15 is 0 Å². The fraction of sp³-hybridized carbons (Fsp3) is 0.391. The van der Waals surface area contributed by atoms with Gasteiger partial charge in [0.1, 0.15) is 0 Å². The molecule has 0 aliphatic carbocycles. The van der Waals surface area contributed by atoms with Crippen molar-refractivity contribution in [1.29, 1.82) is 0 Å². The molecule has 1 aliphatic heterocycles. The van der Waals surface area contributed by atoms with Gasteiger partial charge in [0.15, 0.2) is 0 Å². The van der Waals surface area contributed by atoms with Crippen molar-refractivity contribution in [3.05, 3.63) is 60.2 Å². The smallest absolute Gasteiger partial charge is 0.222 e. The number of piperidine rings is 1. The van der Waals surface area contributed by atoms with Crippen LogP contribution in [0.5, 0.6) is 0 Å². The van der Waals surface area contributed by atoms with E-state index in [2.05, 4.69) is 41.7 Å². The molecule has 0 spiro atoms. The first kappa shape index (κ1) is 19.2. The maximum atomic E-state index is 12.2. The summed E-state index contributed by atoms with van der Waals surface area (Å²) in [4.78, 5) is 25.9. The normalized spacial score (nSPS) is 15.4. The quantitative estimate of drug-likeness (QED) is 0.795. The number of amides is 2. The van der Waals surface area contributed by atoms with Gasteiger partial charge in [-0.15, -0.1) is 0 Å². The highest BCUT2D eigenvalue weighted by atomic mass is 16.2. The van der Waals surface area contributed by atoms with Crippen molar-refractivity contribution < 1.29 is 9.59 Å². The molecule has 0 saturated carbocycles. The average molecular weight is 364 g/mol. The molecule has 2 aromatic carbocycles. The van der Waals surface area contributed by atoms with Gasteiger partial charge in [-0.25, -0.2) is 0 Å². The van der Waals surface area contributed by atoms with E-state index in [4.69, 9.17) is 0 Å². The van der Waals surface area contributed by atoms with E-state index in [1.54, 1.807) is 0 Å². The molecule has 1 heterocycles. The zero-order valence-corrected chi connectivity index (χ0v) is 16.0. The Morgan fingerprint density at radius 1 is 1.04 bits per heavy atom. The van der Waals surface area contributed by atoms with Crippen LogP contribution in [0.1, 0.15) is 50.6 Å². The van der Waals surface area contributed by atoms with Crippen molar-refractivity contribution in [3.8, 4) is 11.1 Å². The Labute approximate surface area is 161 Å². The summed E-state index contributed by atoms with van der Waals surface area (Å²) < 4.78 is 0. The summed E-state index contributed by atoms with van der Waals surface area (Å²) >= 11 is 0. The first-order valence-corrected chi connectivity index (χ1v) is 9.86. The summed E-state index contributed by atoms with van der Waals surface area (Å²) in [5.74, 6) is 0.271. The zero-order valence-electron chi connectivity index (χ0n) is 16.0. The standard InChI is InChI=1S/C23H28N2O2/c1-18(19-12-14-21(15-13-19)20-8-3-2-4-9-20)24-22(26)10-7-17-25-16-6-5-11-23(25)27/h2-4,8-9,12-15,18H,5-7,10-11,16-17H2,1H3,(H,24,26). The first-order valence-electron chi connectivity index (χ1n) is 9.86. The van der Waals surface area contributed by atoms with Crippen LogP contribution < -0.4 is 5.32 Å². The van der Waals surface area contributed by atoms with Crippen LogP contribution in [0.4, 0.5) is 0 Å². The summed E-state index contributed by atoms with van der Waals surface area (Å²) in [5, 5.41) is 3.06. The number of carbonyl (C=O) groups excluding carboxylic acids is 2. The lowest BCUT2D eigenvalue weighted by molar-refractivity contribution is -0.133. The summed E-state index contributed by atoms with van der Waals surface area (Å²) in [5.41, 5.74) is 3.45. The third kappa shape index (κ3) is 5.43. The van der Waals surface area contributed by atoms with E-state index in [9.17, 15) is 9.59 Å². The summed E-state index contributed by atoms with van der Waals surface area (Å²) in [7, 11) is 0. The van der Waals surface area contributed by atoms with E-state index in [1.807, 2.05) is 30.0 Å². The topological polar surface area (TPSA) is 49.4 Å². The molecule has 142 valence electrons. The maximum absolute atomic E-state index is 12.2. The largest absolute Gasteiger partial charge is 0.350 e. The molecule has 1 unspecified atom stereocenters. The second kappa shape index (κ2) is 9.36. The molecular weight excluding hydrogens is 336 g/mol. The molecule has 1 aliphatic rings. The third-order valence-electron chi connectivity index (χ3n) is 5.15. The van der Waals surface area contributed by atoms with E-state index < -0.39 is 0 Å². The lowest BCUT2D eigenvalue weighted by Crippen LogP contribution is -2.36. The van der Waals surface area contributed by atoms with Crippen LogP contribution >= 0.6 is 0 Å². The molecule has 1 saturated heterocycles. The molecule has 0 aromatic heterocycles. The lowest BCUT2D eigenvalue weighted by atomic mass is 10.0. The van der Waals surface area contributed by atoms with Crippen LogP contribution in [-0.4, -0.2) is 29.8 Å². The van der Waals surface area contributed by atoms with Gasteiger partial charge in [-0.2, -0.15) is 0 Å². The Hall–Kier alpha value is -2.62. The van der Waals surface area contributed by atoms with E-state index in [-0.39, 0.29) is 17.9 Å². The second-order valence-corrected chi connectivity index (χ2v) is 7.22. The highest BCUT2D eigenvalue weighted by molar-refractivity contribution is 5.78. The number of rotatable bonds is 7. The first-order chi connectivity index (χ1) is 13.1. The van der Waals surface area contributed by atoms with Crippen LogP contribution in [0, 0.1) is 0 Å². The van der Waals surface area contributed by atoms with Gasteiger partial charge in [0.25, 0.3) is 0 Å². The van der Waals surface area contributed by atoms with Crippen molar-refractivity contribution in [3.63, 3.8) is 0 Å². The van der Waals surface area contributed by atoms with Gasteiger partial charge < -0.3 is 10.2 Å². The Bertz CT molecular complexity index is 756. The summed E-state index contributed by atoms with van der Waals surface area (Å²) in [6.07, 6.45) is 3.90. The van der Waals surface area contributed by atoms with Gasteiger partial charge in [-0.05, 0) is 42.9 Å². The number of nitrogens with zero attached hydrogens (tertiary/aromatic N) is 1. The van der Waals surface area contributed by atoms with E-state index in [1.165, 1.54) is 11.1 Å². The fourth-order valence-corrected chi connectivity index (χ4v) is 3.52. The zero-order chi connectivity index (χ0) is 19.1. The molecule has 4 nitrogen and oxygen atoms in total. The number of nitrogens with one attached hydrogen (secondary N) is 1. The predicted molar refractivity (Wildman–Crippen MR) is 108 cm³/mol. The van der Waals surface area contributed by atoms with Crippen molar-refractivity contribution in [2.45, 2.75) is 45.1 Å². The predicted octanol–water partition coefficient (Wildman–Crippen LogP) is 4.32. The maximum Gasteiger partial charge on any atom is 0.222 e. The third-order valence-corrected chi connectivity index (χ3v) is 5.15. The monoisotopic (exact) mass is 364 g/mol. The average Bonchev–Trinajstić information content (AvgIpc) is 2.70. The Balaban J connectivity index is 1.46. The lowest BCUT2D eigenvalue weighted by Gasteiger charge is -2.26.